The first-order valence-electron chi connectivity index (χ1n) is 10.0. The first-order chi connectivity index (χ1) is 14.7. The van der Waals surface area contributed by atoms with E-state index in [0.29, 0.717) is 29.7 Å². The van der Waals surface area contributed by atoms with Crippen molar-refractivity contribution in [3.63, 3.8) is 0 Å². The lowest BCUT2D eigenvalue weighted by Gasteiger charge is -2.04. The van der Waals surface area contributed by atoms with E-state index in [4.69, 9.17) is 5.73 Å². The summed E-state index contributed by atoms with van der Waals surface area (Å²) in [5.74, 6) is -0.310. The van der Waals surface area contributed by atoms with Crippen LogP contribution in [0.3, 0.4) is 0 Å². The molecule has 6 nitrogen and oxygen atoms in total. The number of rotatable bonds is 8. The highest BCUT2D eigenvalue weighted by Gasteiger charge is 2.19. The monoisotopic (exact) mass is 402 g/mol. The third-order valence-electron chi connectivity index (χ3n) is 5.00. The SMILES string of the molecule is N#Cc1ccc2c(/C(N)=C/CC/C=N\CNC3CC3)c(-c3ccc(F)cc3)nn2c1. The number of benzene rings is 1. The van der Waals surface area contributed by atoms with Gasteiger partial charge in [-0.15, -0.1) is 0 Å². The summed E-state index contributed by atoms with van der Waals surface area (Å²) in [4.78, 5) is 4.36. The average Bonchev–Trinajstić information content (AvgIpc) is 3.51. The van der Waals surface area contributed by atoms with Crippen molar-refractivity contribution < 1.29 is 4.39 Å². The number of allylic oxidation sites excluding steroid dienone is 1. The van der Waals surface area contributed by atoms with Crippen LogP contribution < -0.4 is 11.1 Å². The summed E-state index contributed by atoms with van der Waals surface area (Å²) >= 11 is 0. The van der Waals surface area contributed by atoms with Crippen molar-refractivity contribution in [1.29, 1.82) is 5.26 Å². The number of nitrogens with one attached hydrogen (secondary N) is 1. The minimum Gasteiger partial charge on any atom is -0.398 e. The Morgan fingerprint density at radius 1 is 1.27 bits per heavy atom. The van der Waals surface area contributed by atoms with Crippen LogP contribution in [0.5, 0.6) is 0 Å². The predicted molar refractivity (Wildman–Crippen MR) is 116 cm³/mol. The fourth-order valence-corrected chi connectivity index (χ4v) is 3.25. The number of nitriles is 1. The molecule has 2 aromatic heterocycles. The standard InChI is InChI=1S/C23H23FN6/c24-18-7-5-17(6-8-18)23-22(21-11-4-16(13-25)14-30(21)29-23)20(26)3-1-2-12-27-15-28-19-9-10-19/h3-8,11-12,14,19,28H,1-2,9-10,15,26H2/b20-3-,27-12-. The number of pyridine rings is 1. The van der Waals surface area contributed by atoms with Gasteiger partial charge in [0.05, 0.1) is 23.3 Å². The molecule has 1 aliphatic rings. The second-order valence-electron chi connectivity index (χ2n) is 7.33. The molecule has 7 heteroatoms. The van der Waals surface area contributed by atoms with Gasteiger partial charge in [0, 0.05) is 29.7 Å². The molecular weight excluding hydrogens is 379 g/mol. The van der Waals surface area contributed by atoms with E-state index in [9.17, 15) is 9.65 Å². The maximum Gasteiger partial charge on any atom is 0.123 e. The van der Waals surface area contributed by atoms with E-state index >= 15 is 0 Å². The van der Waals surface area contributed by atoms with Gasteiger partial charge in [-0.3, -0.25) is 10.3 Å². The molecule has 1 aliphatic carbocycles. The molecule has 1 aromatic carbocycles. The minimum absolute atomic E-state index is 0.310. The molecule has 0 spiro atoms. The summed E-state index contributed by atoms with van der Waals surface area (Å²) < 4.78 is 15.0. The van der Waals surface area contributed by atoms with E-state index in [0.717, 1.165) is 29.5 Å². The van der Waals surface area contributed by atoms with Gasteiger partial charge in [-0.25, -0.2) is 8.91 Å². The van der Waals surface area contributed by atoms with Crippen LogP contribution in [0, 0.1) is 17.1 Å². The molecule has 152 valence electrons. The topological polar surface area (TPSA) is 91.5 Å². The summed E-state index contributed by atoms with van der Waals surface area (Å²) in [6.07, 6.45) is 9.57. The van der Waals surface area contributed by atoms with Crippen molar-refractivity contribution >= 4 is 17.4 Å². The molecule has 0 saturated heterocycles. The number of hydrogen-bond donors (Lipinski definition) is 2. The lowest BCUT2D eigenvalue weighted by atomic mass is 10.0. The number of nitrogens with zero attached hydrogens (tertiary/aromatic N) is 4. The smallest absolute Gasteiger partial charge is 0.123 e. The second-order valence-corrected chi connectivity index (χ2v) is 7.33. The molecule has 3 aromatic rings. The quantitative estimate of drug-likeness (QED) is 0.442. The lowest BCUT2D eigenvalue weighted by molar-refractivity contribution is 0.628. The normalized spacial score (nSPS) is 14.5. The van der Waals surface area contributed by atoms with Crippen molar-refractivity contribution in [2.45, 2.75) is 31.7 Å². The highest BCUT2D eigenvalue weighted by atomic mass is 19.1. The van der Waals surface area contributed by atoms with Crippen LogP contribution >= 0.6 is 0 Å². The third kappa shape index (κ3) is 4.56. The summed E-state index contributed by atoms with van der Waals surface area (Å²) in [6, 6.07) is 12.5. The molecule has 0 atom stereocenters. The van der Waals surface area contributed by atoms with E-state index in [1.54, 1.807) is 28.9 Å². The average molecular weight is 402 g/mol. The van der Waals surface area contributed by atoms with Gasteiger partial charge in [-0.1, -0.05) is 6.08 Å². The van der Waals surface area contributed by atoms with Gasteiger partial charge >= 0.3 is 0 Å². The first-order valence-corrected chi connectivity index (χ1v) is 10.0. The molecule has 1 saturated carbocycles. The van der Waals surface area contributed by atoms with Crippen LogP contribution in [-0.4, -0.2) is 28.5 Å². The zero-order chi connectivity index (χ0) is 20.9. The minimum atomic E-state index is -0.310. The molecule has 30 heavy (non-hydrogen) atoms. The predicted octanol–water partition coefficient (Wildman–Crippen LogP) is 3.87. The molecule has 0 unspecified atom stereocenters. The third-order valence-corrected chi connectivity index (χ3v) is 5.00. The largest absolute Gasteiger partial charge is 0.398 e. The zero-order valence-corrected chi connectivity index (χ0v) is 16.6. The van der Waals surface area contributed by atoms with Gasteiger partial charge in [0.2, 0.25) is 0 Å². The molecule has 4 rings (SSSR count). The maximum atomic E-state index is 13.4. The van der Waals surface area contributed by atoms with Crippen molar-refractivity contribution in [1.82, 2.24) is 14.9 Å². The van der Waals surface area contributed by atoms with E-state index in [2.05, 4.69) is 21.5 Å². The second kappa shape index (κ2) is 8.89. The highest BCUT2D eigenvalue weighted by Crippen LogP contribution is 2.30. The van der Waals surface area contributed by atoms with Gasteiger partial charge in [0.1, 0.15) is 17.6 Å². The van der Waals surface area contributed by atoms with E-state index in [1.165, 1.54) is 25.0 Å². The molecule has 1 fully saturated rings. The lowest BCUT2D eigenvalue weighted by Crippen LogP contribution is -2.15. The Hall–Kier alpha value is -3.50. The Balaban J connectivity index is 1.59. The molecule has 0 radical (unpaired) electrons. The fourth-order valence-electron chi connectivity index (χ4n) is 3.25. The molecule has 2 heterocycles. The number of nitrogens with two attached hydrogens (primary N) is 1. The van der Waals surface area contributed by atoms with Gasteiger partial charge in [-0.05, 0) is 62.1 Å². The van der Waals surface area contributed by atoms with Gasteiger partial charge in [0.15, 0.2) is 0 Å². The van der Waals surface area contributed by atoms with Gasteiger partial charge in [0.25, 0.3) is 0 Å². The number of halogens is 1. The zero-order valence-electron chi connectivity index (χ0n) is 16.6. The Morgan fingerprint density at radius 2 is 2.07 bits per heavy atom. The highest BCUT2D eigenvalue weighted by molar-refractivity contribution is 5.87. The Kier molecular flexibility index (Phi) is 5.87. The summed E-state index contributed by atoms with van der Waals surface area (Å²) in [5.41, 5.74) is 10.5. The fraction of sp³-hybridized carbons (Fsp3) is 0.261. The van der Waals surface area contributed by atoms with Gasteiger partial charge < -0.3 is 5.73 Å². The number of unbranched alkanes of at least 4 members (excludes halogenated alkanes) is 1. The van der Waals surface area contributed by atoms with Crippen LogP contribution in [0.4, 0.5) is 4.39 Å². The Labute approximate surface area is 174 Å². The number of hydrogen-bond acceptors (Lipinski definition) is 5. The van der Waals surface area contributed by atoms with Crippen LogP contribution in [0.25, 0.3) is 22.5 Å². The first kappa shape index (κ1) is 19.8. The van der Waals surface area contributed by atoms with E-state index in [1.807, 2.05) is 18.4 Å². The van der Waals surface area contributed by atoms with Crippen LogP contribution in [0.2, 0.25) is 0 Å². The van der Waals surface area contributed by atoms with Crippen molar-refractivity contribution in [3.05, 3.63) is 65.6 Å². The summed E-state index contributed by atoms with van der Waals surface area (Å²) in [6.45, 7) is 0.661. The van der Waals surface area contributed by atoms with E-state index < -0.39 is 0 Å². The number of fused-ring (bicyclic) bond motifs is 1. The molecular formula is C23H23FN6. The van der Waals surface area contributed by atoms with Gasteiger partial charge in [-0.2, -0.15) is 10.4 Å². The molecule has 0 bridgehead atoms. The number of aromatic nitrogens is 2. The van der Waals surface area contributed by atoms with Crippen molar-refractivity contribution in [2.75, 3.05) is 6.67 Å². The molecule has 0 aliphatic heterocycles. The Bertz CT molecular complexity index is 1130. The van der Waals surface area contributed by atoms with Crippen LogP contribution in [-0.2, 0) is 0 Å². The maximum absolute atomic E-state index is 13.4. The van der Waals surface area contributed by atoms with E-state index in [-0.39, 0.29) is 5.82 Å². The van der Waals surface area contributed by atoms with Crippen LogP contribution in [0.15, 0.2) is 53.7 Å². The number of aliphatic imine (C=N–C) groups is 1. The Morgan fingerprint density at radius 3 is 2.80 bits per heavy atom. The summed E-state index contributed by atoms with van der Waals surface area (Å²) in [7, 11) is 0. The molecule has 3 N–H and O–H groups in total. The van der Waals surface area contributed by atoms with Crippen molar-refractivity contribution in [2.24, 2.45) is 10.7 Å². The summed E-state index contributed by atoms with van der Waals surface area (Å²) in [5, 5.41) is 17.1. The van der Waals surface area contributed by atoms with Crippen molar-refractivity contribution in [3.8, 4) is 17.3 Å². The van der Waals surface area contributed by atoms with Crippen LogP contribution in [0.1, 0.15) is 36.8 Å². The molecule has 0 amide bonds.